The molecule has 1 unspecified atom stereocenters. The Hall–Kier alpha value is -2.08. The van der Waals surface area contributed by atoms with Gasteiger partial charge < -0.3 is 14.6 Å². The van der Waals surface area contributed by atoms with E-state index in [2.05, 4.69) is 0 Å². The number of carboxylic acids is 1. The van der Waals surface area contributed by atoms with E-state index in [0.29, 0.717) is 13.0 Å². The monoisotopic (exact) mass is 307 g/mol. The molecule has 0 spiro atoms. The smallest absolute Gasteiger partial charge is 0.412 e. The molecule has 0 bridgehead atoms. The molecule has 0 aliphatic carbocycles. The van der Waals surface area contributed by atoms with E-state index < -0.39 is 5.97 Å². The minimum absolute atomic E-state index is 0.0305. The highest BCUT2D eigenvalue weighted by atomic mass is 16.6. The van der Waals surface area contributed by atoms with E-state index >= 15 is 0 Å². The van der Waals surface area contributed by atoms with Crippen molar-refractivity contribution in [1.82, 2.24) is 4.90 Å². The first-order valence-corrected chi connectivity index (χ1v) is 7.43. The molecule has 1 aromatic rings. The third-order valence-corrected chi connectivity index (χ3v) is 3.60. The molecule has 0 saturated carbocycles. The SMILES string of the molecule is O=C(O)CCCCC1COCN1C(=O)OCc1ccccc1. The number of hydrogen-bond donors (Lipinski definition) is 1. The summed E-state index contributed by atoms with van der Waals surface area (Å²) in [6.45, 7) is 0.951. The molecule has 1 aliphatic rings. The molecule has 120 valence electrons. The molecular weight excluding hydrogens is 286 g/mol. The summed E-state index contributed by atoms with van der Waals surface area (Å²) in [5.41, 5.74) is 0.939. The van der Waals surface area contributed by atoms with E-state index in [1.54, 1.807) is 4.90 Å². The fraction of sp³-hybridized carbons (Fsp3) is 0.500. The number of benzene rings is 1. The maximum Gasteiger partial charge on any atom is 0.412 e. The summed E-state index contributed by atoms with van der Waals surface area (Å²) in [6, 6.07) is 9.47. The van der Waals surface area contributed by atoms with Crippen LogP contribution >= 0.6 is 0 Å². The molecule has 0 aromatic heterocycles. The second kappa shape index (κ2) is 8.38. The van der Waals surface area contributed by atoms with Crippen LogP contribution in [0.4, 0.5) is 4.79 Å². The van der Waals surface area contributed by atoms with E-state index in [1.165, 1.54) is 0 Å². The van der Waals surface area contributed by atoms with Gasteiger partial charge in [-0.3, -0.25) is 9.69 Å². The largest absolute Gasteiger partial charge is 0.481 e. The molecule has 1 fully saturated rings. The van der Waals surface area contributed by atoms with Gasteiger partial charge in [-0.25, -0.2) is 4.79 Å². The predicted octanol–water partition coefficient (Wildman–Crippen LogP) is 2.63. The number of amides is 1. The number of ether oxygens (including phenoxy) is 2. The van der Waals surface area contributed by atoms with Gasteiger partial charge in [-0.15, -0.1) is 0 Å². The number of carboxylic acid groups (broad SMARTS) is 1. The highest BCUT2D eigenvalue weighted by Crippen LogP contribution is 2.18. The molecule has 1 aliphatic heterocycles. The van der Waals surface area contributed by atoms with E-state index in [1.807, 2.05) is 30.3 Å². The first-order chi connectivity index (χ1) is 10.7. The Morgan fingerprint density at radius 2 is 2.05 bits per heavy atom. The summed E-state index contributed by atoms with van der Waals surface area (Å²) < 4.78 is 10.6. The second-order valence-electron chi connectivity index (χ2n) is 5.30. The summed E-state index contributed by atoms with van der Waals surface area (Å²) >= 11 is 0. The normalized spacial score (nSPS) is 17.5. The van der Waals surface area contributed by atoms with Gasteiger partial charge in [-0.05, 0) is 18.4 Å². The lowest BCUT2D eigenvalue weighted by Gasteiger charge is -2.21. The first-order valence-electron chi connectivity index (χ1n) is 7.43. The molecule has 1 saturated heterocycles. The molecule has 1 amide bonds. The van der Waals surface area contributed by atoms with Gasteiger partial charge in [-0.1, -0.05) is 36.8 Å². The average Bonchev–Trinajstić information content (AvgIpc) is 2.98. The van der Waals surface area contributed by atoms with Crippen LogP contribution in [0.5, 0.6) is 0 Å². The van der Waals surface area contributed by atoms with Gasteiger partial charge >= 0.3 is 12.1 Å². The molecule has 1 aromatic carbocycles. The van der Waals surface area contributed by atoms with E-state index in [0.717, 1.165) is 18.4 Å². The summed E-state index contributed by atoms with van der Waals surface area (Å²) in [6.07, 6.45) is 1.87. The van der Waals surface area contributed by atoms with Crippen LogP contribution in [0.2, 0.25) is 0 Å². The van der Waals surface area contributed by atoms with Crippen LogP contribution in [0.25, 0.3) is 0 Å². The van der Waals surface area contributed by atoms with E-state index in [9.17, 15) is 9.59 Å². The molecule has 0 radical (unpaired) electrons. The highest BCUT2D eigenvalue weighted by Gasteiger charge is 2.30. The molecule has 2 rings (SSSR count). The van der Waals surface area contributed by atoms with E-state index in [4.69, 9.17) is 14.6 Å². The van der Waals surface area contributed by atoms with Gasteiger partial charge in [0.05, 0.1) is 12.6 Å². The third kappa shape index (κ3) is 5.04. The lowest BCUT2D eigenvalue weighted by molar-refractivity contribution is -0.137. The predicted molar refractivity (Wildman–Crippen MR) is 79.2 cm³/mol. The highest BCUT2D eigenvalue weighted by molar-refractivity contribution is 5.68. The number of unbranched alkanes of at least 4 members (excludes halogenated alkanes) is 1. The number of hydrogen-bond acceptors (Lipinski definition) is 4. The number of aliphatic carboxylic acids is 1. The van der Waals surface area contributed by atoms with Gasteiger partial charge in [0.15, 0.2) is 0 Å². The van der Waals surface area contributed by atoms with Gasteiger partial charge in [-0.2, -0.15) is 0 Å². The number of nitrogens with zero attached hydrogens (tertiary/aromatic N) is 1. The topological polar surface area (TPSA) is 76.1 Å². The minimum atomic E-state index is -0.790. The van der Waals surface area contributed by atoms with Crippen LogP contribution in [-0.2, 0) is 20.9 Å². The van der Waals surface area contributed by atoms with Crippen molar-refractivity contribution in [3.8, 4) is 0 Å². The van der Waals surface area contributed by atoms with Crippen LogP contribution in [0.3, 0.4) is 0 Å². The van der Waals surface area contributed by atoms with Gasteiger partial charge in [0.2, 0.25) is 0 Å². The van der Waals surface area contributed by atoms with Crippen molar-refractivity contribution in [3.63, 3.8) is 0 Å². The Bertz CT molecular complexity index is 491. The average molecular weight is 307 g/mol. The van der Waals surface area contributed by atoms with Crippen molar-refractivity contribution in [2.75, 3.05) is 13.3 Å². The molecule has 6 heteroatoms. The Balaban J connectivity index is 1.74. The maximum absolute atomic E-state index is 12.1. The van der Waals surface area contributed by atoms with Gasteiger partial charge in [0, 0.05) is 6.42 Å². The summed E-state index contributed by atoms with van der Waals surface area (Å²) in [5.74, 6) is -0.790. The summed E-state index contributed by atoms with van der Waals surface area (Å²) in [7, 11) is 0. The summed E-state index contributed by atoms with van der Waals surface area (Å²) in [4.78, 5) is 24.2. The van der Waals surface area contributed by atoms with Crippen LogP contribution in [0.1, 0.15) is 31.2 Å². The van der Waals surface area contributed by atoms with Crippen LogP contribution in [0, 0.1) is 0 Å². The Kier molecular flexibility index (Phi) is 6.21. The van der Waals surface area contributed by atoms with Gasteiger partial charge in [0.1, 0.15) is 13.3 Å². The van der Waals surface area contributed by atoms with E-state index in [-0.39, 0.29) is 31.9 Å². The van der Waals surface area contributed by atoms with Crippen LogP contribution in [-0.4, -0.2) is 41.4 Å². The molecule has 22 heavy (non-hydrogen) atoms. The van der Waals surface area contributed by atoms with Crippen LogP contribution in [0.15, 0.2) is 30.3 Å². The minimum Gasteiger partial charge on any atom is -0.481 e. The Morgan fingerprint density at radius 1 is 1.27 bits per heavy atom. The molecule has 1 atom stereocenters. The number of carbonyl (C=O) groups is 2. The van der Waals surface area contributed by atoms with Crippen molar-refractivity contribution in [3.05, 3.63) is 35.9 Å². The van der Waals surface area contributed by atoms with Crippen molar-refractivity contribution in [2.24, 2.45) is 0 Å². The lowest BCUT2D eigenvalue weighted by atomic mass is 10.1. The van der Waals surface area contributed by atoms with Crippen molar-refractivity contribution in [1.29, 1.82) is 0 Å². The quantitative estimate of drug-likeness (QED) is 0.784. The fourth-order valence-electron chi connectivity index (χ4n) is 2.38. The molecule has 1 heterocycles. The van der Waals surface area contributed by atoms with Crippen molar-refractivity contribution < 1.29 is 24.2 Å². The van der Waals surface area contributed by atoms with Crippen molar-refractivity contribution in [2.45, 2.75) is 38.3 Å². The second-order valence-corrected chi connectivity index (χ2v) is 5.30. The number of rotatable bonds is 7. The zero-order valence-corrected chi connectivity index (χ0v) is 12.4. The zero-order chi connectivity index (χ0) is 15.8. The molecule has 1 N–H and O–H groups in total. The Morgan fingerprint density at radius 3 is 2.77 bits per heavy atom. The molecule has 6 nitrogen and oxygen atoms in total. The Labute approximate surface area is 129 Å². The van der Waals surface area contributed by atoms with Gasteiger partial charge in [0.25, 0.3) is 0 Å². The third-order valence-electron chi connectivity index (χ3n) is 3.60. The van der Waals surface area contributed by atoms with Crippen LogP contribution < -0.4 is 0 Å². The molecular formula is C16H21NO5. The standard InChI is InChI=1S/C16H21NO5/c18-15(19)9-5-4-8-14-11-21-12-17(14)16(20)22-10-13-6-2-1-3-7-13/h1-3,6-7,14H,4-5,8-12H2,(H,18,19). The fourth-order valence-corrected chi connectivity index (χ4v) is 2.38. The first kappa shape index (κ1) is 16.3. The van der Waals surface area contributed by atoms with Crippen molar-refractivity contribution >= 4 is 12.1 Å². The maximum atomic E-state index is 12.1. The summed E-state index contributed by atoms with van der Waals surface area (Å²) in [5, 5.41) is 8.61. The lowest BCUT2D eigenvalue weighted by Crippen LogP contribution is -2.37. The zero-order valence-electron chi connectivity index (χ0n) is 12.4. The number of carbonyl (C=O) groups excluding carboxylic acids is 1.